The molecule has 120 valence electrons. The molecule has 0 bridgehead atoms. The van der Waals surface area contributed by atoms with Gasteiger partial charge in [-0.05, 0) is 24.3 Å². The Hall–Kier alpha value is -2.63. The van der Waals surface area contributed by atoms with E-state index >= 15 is 0 Å². The SMILES string of the molecule is O=C(Nc1cc(Nc2ccccc2)ncn1)c1c(Cl)cccc1Cl. The zero-order valence-electron chi connectivity index (χ0n) is 12.3. The van der Waals surface area contributed by atoms with Crippen LogP contribution in [-0.4, -0.2) is 15.9 Å². The maximum absolute atomic E-state index is 12.4. The van der Waals surface area contributed by atoms with Crippen LogP contribution in [0.15, 0.2) is 60.9 Å². The third-order valence-corrected chi connectivity index (χ3v) is 3.77. The number of nitrogens with one attached hydrogen (secondary N) is 2. The smallest absolute Gasteiger partial charge is 0.259 e. The first kappa shape index (κ1) is 16.2. The number of rotatable bonds is 4. The van der Waals surface area contributed by atoms with Crippen LogP contribution in [0, 0.1) is 0 Å². The van der Waals surface area contributed by atoms with Crippen molar-refractivity contribution in [1.82, 2.24) is 9.97 Å². The van der Waals surface area contributed by atoms with Gasteiger partial charge in [0, 0.05) is 11.8 Å². The number of carbonyl (C=O) groups excluding carboxylic acids is 1. The van der Waals surface area contributed by atoms with Crippen LogP contribution in [0.25, 0.3) is 0 Å². The summed E-state index contributed by atoms with van der Waals surface area (Å²) >= 11 is 12.1. The van der Waals surface area contributed by atoms with Crippen LogP contribution >= 0.6 is 23.2 Å². The molecule has 0 atom stereocenters. The zero-order chi connectivity index (χ0) is 16.9. The maximum Gasteiger partial charge on any atom is 0.259 e. The first-order valence-electron chi connectivity index (χ1n) is 7.03. The molecule has 0 fully saturated rings. The molecule has 0 saturated heterocycles. The largest absolute Gasteiger partial charge is 0.340 e. The van der Waals surface area contributed by atoms with Crippen molar-refractivity contribution in [3.8, 4) is 0 Å². The Morgan fingerprint density at radius 3 is 2.25 bits per heavy atom. The van der Waals surface area contributed by atoms with Gasteiger partial charge in [-0.2, -0.15) is 0 Å². The lowest BCUT2D eigenvalue weighted by Crippen LogP contribution is -2.14. The van der Waals surface area contributed by atoms with Crippen molar-refractivity contribution in [2.45, 2.75) is 0 Å². The van der Waals surface area contributed by atoms with Crippen molar-refractivity contribution in [2.75, 3.05) is 10.6 Å². The second kappa shape index (κ2) is 7.29. The van der Waals surface area contributed by atoms with E-state index in [0.29, 0.717) is 11.6 Å². The summed E-state index contributed by atoms with van der Waals surface area (Å²) in [6.45, 7) is 0. The number of halogens is 2. The number of nitrogens with zero attached hydrogens (tertiary/aromatic N) is 2. The number of para-hydroxylation sites is 1. The van der Waals surface area contributed by atoms with E-state index in [1.165, 1.54) is 6.33 Å². The van der Waals surface area contributed by atoms with Crippen molar-refractivity contribution in [3.05, 3.63) is 76.5 Å². The molecule has 2 aromatic carbocycles. The molecule has 0 spiro atoms. The van der Waals surface area contributed by atoms with E-state index < -0.39 is 5.91 Å². The van der Waals surface area contributed by atoms with Crippen LogP contribution in [0.3, 0.4) is 0 Å². The predicted octanol–water partition coefficient (Wildman–Crippen LogP) is 4.78. The van der Waals surface area contributed by atoms with E-state index in [1.54, 1.807) is 24.3 Å². The minimum Gasteiger partial charge on any atom is -0.340 e. The lowest BCUT2D eigenvalue weighted by atomic mass is 10.2. The number of aromatic nitrogens is 2. The van der Waals surface area contributed by atoms with Crippen LogP contribution in [0.1, 0.15) is 10.4 Å². The van der Waals surface area contributed by atoms with E-state index in [4.69, 9.17) is 23.2 Å². The summed E-state index contributed by atoms with van der Waals surface area (Å²) in [4.78, 5) is 20.5. The fraction of sp³-hybridized carbons (Fsp3) is 0. The highest BCUT2D eigenvalue weighted by molar-refractivity contribution is 6.40. The summed E-state index contributed by atoms with van der Waals surface area (Å²) < 4.78 is 0. The van der Waals surface area contributed by atoms with Crippen LogP contribution in [0.4, 0.5) is 17.3 Å². The molecule has 0 unspecified atom stereocenters. The van der Waals surface area contributed by atoms with Gasteiger partial charge in [0.2, 0.25) is 0 Å². The molecule has 2 N–H and O–H groups in total. The first-order chi connectivity index (χ1) is 11.6. The minimum absolute atomic E-state index is 0.206. The van der Waals surface area contributed by atoms with Gasteiger partial charge in [-0.25, -0.2) is 9.97 Å². The molecule has 1 heterocycles. The molecule has 0 aliphatic carbocycles. The second-order valence-corrected chi connectivity index (χ2v) is 5.64. The summed E-state index contributed by atoms with van der Waals surface area (Å²) in [6.07, 6.45) is 1.36. The van der Waals surface area contributed by atoms with Crippen LogP contribution < -0.4 is 10.6 Å². The van der Waals surface area contributed by atoms with Crippen molar-refractivity contribution in [2.24, 2.45) is 0 Å². The number of hydrogen-bond acceptors (Lipinski definition) is 4. The van der Waals surface area contributed by atoms with Gasteiger partial charge < -0.3 is 10.6 Å². The summed E-state index contributed by atoms with van der Waals surface area (Å²) in [5.74, 6) is 0.455. The van der Waals surface area contributed by atoms with Crippen molar-refractivity contribution >= 4 is 46.4 Å². The van der Waals surface area contributed by atoms with E-state index in [0.717, 1.165) is 5.69 Å². The summed E-state index contributed by atoms with van der Waals surface area (Å²) in [5, 5.41) is 6.34. The predicted molar refractivity (Wildman–Crippen MR) is 96.2 cm³/mol. The number of anilines is 3. The average Bonchev–Trinajstić information content (AvgIpc) is 2.56. The molecule has 0 saturated carbocycles. The number of benzene rings is 2. The molecule has 1 amide bonds. The van der Waals surface area contributed by atoms with Gasteiger partial charge in [0.25, 0.3) is 5.91 Å². The van der Waals surface area contributed by atoms with E-state index in [-0.39, 0.29) is 15.6 Å². The lowest BCUT2D eigenvalue weighted by Gasteiger charge is -2.09. The first-order valence-corrected chi connectivity index (χ1v) is 7.78. The van der Waals surface area contributed by atoms with Gasteiger partial charge in [-0.15, -0.1) is 0 Å². The second-order valence-electron chi connectivity index (χ2n) is 4.83. The molecule has 1 aromatic heterocycles. The van der Waals surface area contributed by atoms with Gasteiger partial charge in [0.15, 0.2) is 0 Å². The van der Waals surface area contributed by atoms with E-state index in [9.17, 15) is 4.79 Å². The number of carbonyl (C=O) groups is 1. The summed E-state index contributed by atoms with van der Waals surface area (Å²) in [5.41, 5.74) is 1.08. The maximum atomic E-state index is 12.4. The Morgan fingerprint density at radius 2 is 1.54 bits per heavy atom. The summed E-state index contributed by atoms with van der Waals surface area (Å²) in [7, 11) is 0. The molecule has 3 rings (SSSR count). The Labute approximate surface area is 148 Å². The highest BCUT2D eigenvalue weighted by Crippen LogP contribution is 2.25. The standard InChI is InChI=1S/C17H12Cl2N4O/c18-12-7-4-8-13(19)16(12)17(24)23-15-9-14(20-10-21-15)22-11-5-2-1-3-6-11/h1-10H,(H2,20,21,22,23,24). The van der Waals surface area contributed by atoms with Crippen molar-refractivity contribution < 1.29 is 4.79 Å². The average molecular weight is 359 g/mol. The quantitative estimate of drug-likeness (QED) is 0.704. The normalized spacial score (nSPS) is 10.2. The highest BCUT2D eigenvalue weighted by Gasteiger charge is 2.15. The third kappa shape index (κ3) is 3.82. The van der Waals surface area contributed by atoms with Gasteiger partial charge in [-0.1, -0.05) is 47.5 Å². The van der Waals surface area contributed by atoms with Crippen molar-refractivity contribution in [3.63, 3.8) is 0 Å². The third-order valence-electron chi connectivity index (χ3n) is 3.14. The molecule has 0 aliphatic rings. The molecule has 7 heteroatoms. The van der Waals surface area contributed by atoms with Crippen LogP contribution in [0.2, 0.25) is 10.0 Å². The molecular formula is C17H12Cl2N4O. The van der Waals surface area contributed by atoms with E-state index in [1.807, 2.05) is 30.3 Å². The Kier molecular flexibility index (Phi) is 4.93. The molecule has 5 nitrogen and oxygen atoms in total. The minimum atomic E-state index is -0.435. The van der Waals surface area contributed by atoms with Crippen molar-refractivity contribution in [1.29, 1.82) is 0 Å². The van der Waals surface area contributed by atoms with Crippen LogP contribution in [0.5, 0.6) is 0 Å². The van der Waals surface area contributed by atoms with Gasteiger partial charge in [0.05, 0.1) is 15.6 Å². The Morgan fingerprint density at radius 1 is 0.875 bits per heavy atom. The molecule has 0 radical (unpaired) electrons. The number of hydrogen-bond donors (Lipinski definition) is 2. The Balaban J connectivity index is 1.78. The summed E-state index contributed by atoms with van der Waals surface area (Å²) in [6, 6.07) is 16.0. The fourth-order valence-electron chi connectivity index (χ4n) is 2.06. The van der Waals surface area contributed by atoms with Gasteiger partial charge >= 0.3 is 0 Å². The highest BCUT2D eigenvalue weighted by atomic mass is 35.5. The monoisotopic (exact) mass is 358 g/mol. The lowest BCUT2D eigenvalue weighted by molar-refractivity contribution is 0.102. The molecule has 3 aromatic rings. The Bertz CT molecular complexity index is 851. The fourth-order valence-corrected chi connectivity index (χ4v) is 2.63. The molecule has 24 heavy (non-hydrogen) atoms. The van der Waals surface area contributed by atoms with Gasteiger partial charge in [-0.3, -0.25) is 4.79 Å². The zero-order valence-corrected chi connectivity index (χ0v) is 13.8. The number of amides is 1. The molecule has 0 aliphatic heterocycles. The van der Waals surface area contributed by atoms with Crippen LogP contribution in [-0.2, 0) is 0 Å². The van der Waals surface area contributed by atoms with E-state index in [2.05, 4.69) is 20.6 Å². The topological polar surface area (TPSA) is 66.9 Å². The van der Waals surface area contributed by atoms with Gasteiger partial charge in [0.1, 0.15) is 18.0 Å². The molecular weight excluding hydrogens is 347 g/mol.